The van der Waals surface area contributed by atoms with Gasteiger partial charge in [-0.05, 0) is 6.07 Å². The minimum atomic E-state index is -0.781. The van der Waals surface area contributed by atoms with Crippen LogP contribution in [0.1, 0.15) is 11.7 Å². The van der Waals surface area contributed by atoms with E-state index in [1.807, 2.05) is 0 Å². The first-order chi connectivity index (χ1) is 8.68. The molecule has 3 N–H and O–H groups in total. The maximum absolute atomic E-state index is 11.7. The molecule has 0 aromatic heterocycles. The van der Waals surface area contributed by atoms with Crippen LogP contribution in [0.4, 0.5) is 0 Å². The summed E-state index contributed by atoms with van der Waals surface area (Å²) in [5.41, 5.74) is 0.633. The quantitative estimate of drug-likeness (QED) is 0.777. The minimum Gasteiger partial charge on any atom is -0.387 e. The van der Waals surface area contributed by atoms with Crippen molar-refractivity contribution < 1.29 is 9.90 Å². The second kappa shape index (κ2) is 6.43. The fourth-order valence-electron chi connectivity index (χ4n) is 1.74. The van der Waals surface area contributed by atoms with E-state index in [2.05, 4.69) is 10.6 Å². The molecule has 1 aromatic carbocycles. The molecule has 1 saturated heterocycles. The van der Waals surface area contributed by atoms with E-state index in [-0.39, 0.29) is 18.5 Å². The highest BCUT2D eigenvalue weighted by Gasteiger charge is 2.23. The highest BCUT2D eigenvalue weighted by molar-refractivity contribution is 7.99. The van der Waals surface area contributed by atoms with Gasteiger partial charge in [0.25, 0.3) is 0 Å². The largest absolute Gasteiger partial charge is 0.387 e. The molecule has 0 aliphatic carbocycles. The van der Waals surface area contributed by atoms with Crippen molar-refractivity contribution in [3.05, 3.63) is 34.9 Å². The van der Waals surface area contributed by atoms with Crippen molar-refractivity contribution in [2.24, 2.45) is 0 Å². The molecule has 0 bridgehead atoms. The SMILES string of the molecule is O=C(NCC(O)c1ccccc1Cl)C1CSCN1. The molecular formula is C12H15ClN2O2S. The van der Waals surface area contributed by atoms with Gasteiger partial charge in [0.1, 0.15) is 0 Å². The zero-order chi connectivity index (χ0) is 13.0. The second-order valence-electron chi connectivity index (χ2n) is 4.05. The Bertz CT molecular complexity index is 424. The van der Waals surface area contributed by atoms with Gasteiger partial charge >= 0.3 is 0 Å². The lowest BCUT2D eigenvalue weighted by atomic mass is 10.1. The molecule has 18 heavy (non-hydrogen) atoms. The van der Waals surface area contributed by atoms with E-state index >= 15 is 0 Å². The number of aliphatic hydroxyl groups is 1. The normalized spacial score (nSPS) is 20.7. The Hall–Kier alpha value is -0.750. The van der Waals surface area contributed by atoms with Crippen molar-refractivity contribution in [3.63, 3.8) is 0 Å². The molecular weight excluding hydrogens is 272 g/mol. The number of carbonyl (C=O) groups is 1. The first-order valence-electron chi connectivity index (χ1n) is 5.70. The molecule has 0 spiro atoms. The van der Waals surface area contributed by atoms with Crippen LogP contribution in [0.25, 0.3) is 0 Å². The molecule has 4 nitrogen and oxygen atoms in total. The van der Waals surface area contributed by atoms with Crippen molar-refractivity contribution >= 4 is 29.3 Å². The summed E-state index contributed by atoms with van der Waals surface area (Å²) >= 11 is 7.66. The number of carbonyl (C=O) groups excluding carboxylic acids is 1. The van der Waals surface area contributed by atoms with E-state index in [1.165, 1.54) is 0 Å². The molecule has 1 aliphatic rings. The van der Waals surface area contributed by atoms with Gasteiger partial charge in [-0.3, -0.25) is 10.1 Å². The Labute approximate surface area is 115 Å². The fraction of sp³-hybridized carbons (Fsp3) is 0.417. The predicted octanol–water partition coefficient (Wildman–Crippen LogP) is 1.15. The fourth-order valence-corrected chi connectivity index (χ4v) is 2.94. The number of benzene rings is 1. The molecule has 1 amide bonds. The number of rotatable bonds is 4. The Balaban J connectivity index is 1.86. The summed E-state index contributed by atoms with van der Waals surface area (Å²) in [6.45, 7) is 0.172. The Morgan fingerprint density at radius 1 is 1.61 bits per heavy atom. The second-order valence-corrected chi connectivity index (χ2v) is 5.49. The van der Waals surface area contributed by atoms with Gasteiger partial charge < -0.3 is 10.4 Å². The number of nitrogens with one attached hydrogen (secondary N) is 2. The number of hydrogen-bond acceptors (Lipinski definition) is 4. The summed E-state index contributed by atoms with van der Waals surface area (Å²) in [5.74, 6) is 1.49. The van der Waals surface area contributed by atoms with Crippen LogP contribution in [-0.2, 0) is 4.79 Å². The smallest absolute Gasteiger partial charge is 0.238 e. The number of halogens is 1. The van der Waals surface area contributed by atoms with Crippen molar-refractivity contribution in [3.8, 4) is 0 Å². The maximum atomic E-state index is 11.7. The third-order valence-corrected chi connectivity index (χ3v) is 4.05. The van der Waals surface area contributed by atoms with E-state index in [9.17, 15) is 9.90 Å². The lowest BCUT2D eigenvalue weighted by Crippen LogP contribution is -2.43. The van der Waals surface area contributed by atoms with Crippen molar-refractivity contribution in [1.29, 1.82) is 0 Å². The molecule has 1 aromatic rings. The first kappa shape index (κ1) is 13.7. The van der Waals surface area contributed by atoms with Gasteiger partial charge in [0.2, 0.25) is 5.91 Å². The van der Waals surface area contributed by atoms with Gasteiger partial charge in [0, 0.05) is 28.8 Å². The van der Waals surface area contributed by atoms with Crippen LogP contribution in [0.15, 0.2) is 24.3 Å². The van der Waals surface area contributed by atoms with Crippen LogP contribution >= 0.6 is 23.4 Å². The van der Waals surface area contributed by atoms with Crippen molar-refractivity contribution in [2.45, 2.75) is 12.1 Å². The Kier molecular flexibility index (Phi) is 4.88. The highest BCUT2D eigenvalue weighted by Crippen LogP contribution is 2.21. The molecule has 1 aliphatic heterocycles. The van der Waals surface area contributed by atoms with Crippen molar-refractivity contribution in [2.75, 3.05) is 18.2 Å². The van der Waals surface area contributed by atoms with Crippen LogP contribution in [-0.4, -0.2) is 35.2 Å². The summed E-state index contributed by atoms with van der Waals surface area (Å²) in [4.78, 5) is 11.7. The van der Waals surface area contributed by atoms with E-state index in [0.717, 1.165) is 11.6 Å². The third kappa shape index (κ3) is 3.38. The minimum absolute atomic E-state index is 0.0777. The predicted molar refractivity (Wildman–Crippen MR) is 73.7 cm³/mol. The number of hydrogen-bond donors (Lipinski definition) is 3. The molecule has 0 saturated carbocycles. The average Bonchev–Trinajstić information content (AvgIpc) is 2.90. The molecule has 1 fully saturated rings. The summed E-state index contributed by atoms with van der Waals surface area (Å²) in [6.07, 6.45) is -0.781. The first-order valence-corrected chi connectivity index (χ1v) is 7.23. The number of amides is 1. The van der Waals surface area contributed by atoms with Crippen LogP contribution in [0.2, 0.25) is 5.02 Å². The summed E-state index contributed by atoms with van der Waals surface area (Å²) in [5, 5.41) is 16.3. The zero-order valence-corrected chi connectivity index (χ0v) is 11.3. The lowest BCUT2D eigenvalue weighted by molar-refractivity contribution is -0.122. The Morgan fingerprint density at radius 3 is 3.06 bits per heavy atom. The van der Waals surface area contributed by atoms with E-state index < -0.39 is 6.10 Å². The van der Waals surface area contributed by atoms with Crippen LogP contribution < -0.4 is 10.6 Å². The van der Waals surface area contributed by atoms with E-state index in [1.54, 1.807) is 36.0 Å². The van der Waals surface area contributed by atoms with Crippen LogP contribution in [0, 0.1) is 0 Å². The molecule has 2 rings (SSSR count). The topological polar surface area (TPSA) is 61.4 Å². The van der Waals surface area contributed by atoms with Gasteiger partial charge in [-0.1, -0.05) is 29.8 Å². The highest BCUT2D eigenvalue weighted by atomic mass is 35.5. The van der Waals surface area contributed by atoms with E-state index in [0.29, 0.717) is 10.6 Å². The summed E-state index contributed by atoms with van der Waals surface area (Å²) < 4.78 is 0. The third-order valence-electron chi connectivity index (χ3n) is 2.77. The maximum Gasteiger partial charge on any atom is 0.238 e. The number of thioether (sulfide) groups is 1. The summed E-state index contributed by atoms with van der Waals surface area (Å²) in [7, 11) is 0. The molecule has 2 unspecified atom stereocenters. The van der Waals surface area contributed by atoms with Gasteiger partial charge in [0.05, 0.1) is 12.1 Å². The molecule has 6 heteroatoms. The van der Waals surface area contributed by atoms with E-state index in [4.69, 9.17) is 11.6 Å². The molecule has 0 radical (unpaired) electrons. The average molecular weight is 287 g/mol. The summed E-state index contributed by atoms with van der Waals surface area (Å²) in [6, 6.07) is 6.92. The monoisotopic (exact) mass is 286 g/mol. The van der Waals surface area contributed by atoms with Crippen molar-refractivity contribution in [1.82, 2.24) is 10.6 Å². The lowest BCUT2D eigenvalue weighted by Gasteiger charge is -2.15. The van der Waals surface area contributed by atoms with Gasteiger partial charge in [-0.2, -0.15) is 0 Å². The van der Waals surface area contributed by atoms with Gasteiger partial charge in [0.15, 0.2) is 0 Å². The van der Waals surface area contributed by atoms with Gasteiger partial charge in [-0.25, -0.2) is 0 Å². The van der Waals surface area contributed by atoms with Crippen LogP contribution in [0.5, 0.6) is 0 Å². The van der Waals surface area contributed by atoms with Crippen LogP contribution in [0.3, 0.4) is 0 Å². The standard InChI is InChI=1S/C12H15ClN2O2S/c13-9-4-2-1-3-8(9)11(16)5-14-12(17)10-6-18-7-15-10/h1-4,10-11,15-16H,5-7H2,(H,14,17). The zero-order valence-electron chi connectivity index (χ0n) is 9.73. The Morgan fingerprint density at radius 2 is 2.39 bits per heavy atom. The number of aliphatic hydroxyl groups excluding tert-OH is 1. The molecule has 2 atom stereocenters. The molecule has 98 valence electrons. The van der Waals surface area contributed by atoms with Gasteiger partial charge in [-0.15, -0.1) is 11.8 Å². The molecule has 1 heterocycles.